The monoisotopic (exact) mass is 1290 g/mol. The van der Waals surface area contributed by atoms with Gasteiger partial charge in [0.15, 0.2) is 0 Å². The highest BCUT2D eigenvalue weighted by molar-refractivity contribution is 5.87. The van der Waals surface area contributed by atoms with Crippen molar-refractivity contribution >= 4 is 34.4 Å². The van der Waals surface area contributed by atoms with Crippen molar-refractivity contribution in [2.24, 2.45) is 21.1 Å². The van der Waals surface area contributed by atoms with Gasteiger partial charge in [-0.1, -0.05) is 18.2 Å². The van der Waals surface area contributed by atoms with Crippen LogP contribution in [0.4, 0.5) is 0 Å². The first kappa shape index (κ1) is 59.8. The molecule has 0 aromatic carbocycles. The highest BCUT2D eigenvalue weighted by Crippen LogP contribution is 2.48. The van der Waals surface area contributed by atoms with Crippen molar-refractivity contribution in [2.75, 3.05) is 0 Å². The molecule has 3 amide bonds. The lowest BCUT2D eigenvalue weighted by atomic mass is 10.0. The normalized spacial score (nSPS) is 19.0. The topological polar surface area (TPSA) is 254 Å². The minimum Gasteiger partial charge on any atom is -0.350 e. The summed E-state index contributed by atoms with van der Waals surface area (Å²) in [6, 6.07) is 0.419. The number of rotatable bonds is 5. The van der Waals surface area contributed by atoms with Gasteiger partial charge in [0.1, 0.15) is 0 Å². The van der Waals surface area contributed by atoms with E-state index >= 15 is 0 Å². The van der Waals surface area contributed by atoms with Crippen LogP contribution in [0.1, 0.15) is 207 Å². The molecule has 9 aromatic heterocycles. The number of carbonyl (C=O) groups is 3. The molecule has 12 heterocycles. The summed E-state index contributed by atoms with van der Waals surface area (Å²) in [4.78, 5) is 72.2. The third-order valence-corrected chi connectivity index (χ3v) is 20.2. The van der Waals surface area contributed by atoms with Gasteiger partial charge in [-0.05, 0) is 84.5 Å². The molecule has 7 aliphatic carbocycles. The lowest BCUT2D eigenvalue weighted by Gasteiger charge is -2.26. The van der Waals surface area contributed by atoms with E-state index < -0.39 is 0 Å². The maximum Gasteiger partial charge on any atom is 0.223 e. The van der Waals surface area contributed by atoms with Crippen molar-refractivity contribution in [3.8, 4) is 33.8 Å². The van der Waals surface area contributed by atoms with E-state index in [1.807, 2.05) is 86.9 Å². The van der Waals surface area contributed by atoms with Crippen LogP contribution >= 0.6 is 0 Å². The minimum absolute atomic E-state index is 0.0279. The molecule has 9 aromatic rings. The third-order valence-electron chi connectivity index (χ3n) is 20.2. The number of amides is 3. The Morgan fingerprint density at radius 3 is 1.25 bits per heavy atom. The summed E-state index contributed by atoms with van der Waals surface area (Å²) in [5.74, 6) is 1.99. The first-order valence-corrected chi connectivity index (χ1v) is 34.6. The van der Waals surface area contributed by atoms with E-state index in [1.54, 1.807) is 9.36 Å². The van der Waals surface area contributed by atoms with E-state index in [2.05, 4.69) is 61.1 Å². The molecule has 3 aliphatic heterocycles. The Labute approximate surface area is 556 Å². The van der Waals surface area contributed by atoms with E-state index in [-0.39, 0.29) is 23.8 Å². The van der Waals surface area contributed by atoms with Crippen LogP contribution in [0.2, 0.25) is 0 Å². The number of fused-ring (bicyclic) bond motifs is 18. The van der Waals surface area contributed by atoms with Crippen molar-refractivity contribution in [1.29, 1.82) is 0 Å². The molecular formula is C72H79N21O3. The number of nitrogens with one attached hydrogen (secondary N) is 1. The van der Waals surface area contributed by atoms with Gasteiger partial charge in [0, 0.05) is 196 Å². The first-order valence-electron chi connectivity index (χ1n) is 34.6. The van der Waals surface area contributed by atoms with E-state index in [4.69, 9.17) is 55.4 Å². The summed E-state index contributed by atoms with van der Waals surface area (Å²) in [5.41, 5.74) is 24.2. The molecule has 24 nitrogen and oxygen atoms in total. The van der Waals surface area contributed by atoms with Gasteiger partial charge in [0.25, 0.3) is 0 Å². The highest BCUT2D eigenvalue weighted by atomic mass is 16.2. The van der Waals surface area contributed by atoms with Gasteiger partial charge in [-0.15, -0.1) is 0 Å². The highest BCUT2D eigenvalue weighted by Gasteiger charge is 2.38. The molecule has 4 fully saturated rings. The molecule has 0 saturated heterocycles. The molecule has 0 radical (unpaired) electrons. The molecular weight excluding hydrogens is 1210 g/mol. The van der Waals surface area contributed by atoms with Gasteiger partial charge in [-0.3, -0.25) is 57.4 Å². The van der Waals surface area contributed by atoms with E-state index in [9.17, 15) is 14.4 Å². The Kier molecular flexibility index (Phi) is 15.0. The maximum absolute atomic E-state index is 13.2. The molecule has 12 bridgehead atoms. The Bertz CT molecular complexity index is 4520. The second kappa shape index (κ2) is 24.1. The van der Waals surface area contributed by atoms with Crippen LogP contribution in [0.3, 0.4) is 0 Å². The van der Waals surface area contributed by atoms with Crippen LogP contribution in [0, 0.1) is 0 Å². The molecule has 1 N–H and O–H groups in total. The average molecular weight is 1290 g/mol. The maximum atomic E-state index is 13.2. The SMILES string of the molecule is CC(C)N1Cc2nn(C)cc2-c2cnc3c(n2)C(=CC3)c2cn(nc2C2CC2)CCCC1=O.Cn1cc2c(n1)CN(C1CC1)C(=O)CCCn1cc(c(C3CC3)n1)C1=CCc3ncc-2nc31.Cn1cc2c(n1)CNC(=O)CCCn1cc(c(C3CC3)n1)C1=CCc3ncc-2nc31. The zero-order chi connectivity index (χ0) is 65.0. The fraction of sp³-hybridized carbons (Fsp3) is 0.458. The predicted octanol–water partition coefficient (Wildman–Crippen LogP) is 9.04. The van der Waals surface area contributed by atoms with Crippen molar-refractivity contribution in [1.82, 2.24) is 104 Å². The lowest BCUT2D eigenvalue weighted by Crippen LogP contribution is -2.36. The van der Waals surface area contributed by atoms with Crippen LogP contribution in [0.5, 0.6) is 0 Å². The van der Waals surface area contributed by atoms with Crippen LogP contribution in [0.15, 0.2) is 74.0 Å². The molecule has 4 saturated carbocycles. The second-order valence-corrected chi connectivity index (χ2v) is 28.0. The van der Waals surface area contributed by atoms with Gasteiger partial charge < -0.3 is 15.1 Å². The van der Waals surface area contributed by atoms with Crippen LogP contribution < -0.4 is 5.32 Å². The van der Waals surface area contributed by atoms with Crippen LogP contribution in [-0.4, -0.2) is 128 Å². The van der Waals surface area contributed by atoms with Gasteiger partial charge in [0.2, 0.25) is 17.7 Å². The number of aromatic nitrogens is 18. The summed E-state index contributed by atoms with van der Waals surface area (Å²) in [6.07, 6.45) is 40.2. The van der Waals surface area contributed by atoms with E-state index in [0.29, 0.717) is 62.7 Å². The summed E-state index contributed by atoms with van der Waals surface area (Å²) in [5, 5.41) is 31.8. The summed E-state index contributed by atoms with van der Waals surface area (Å²) in [7, 11) is 5.72. The lowest BCUT2D eigenvalue weighted by molar-refractivity contribution is -0.134. The second-order valence-electron chi connectivity index (χ2n) is 28.0. The summed E-state index contributed by atoms with van der Waals surface area (Å²) in [6.45, 7) is 7.71. The molecule has 19 rings (SSSR count). The number of nitrogens with zero attached hydrogens (tertiary/aromatic N) is 20. The van der Waals surface area contributed by atoms with Crippen molar-refractivity contribution in [2.45, 2.75) is 192 Å². The average Bonchev–Trinajstić information content (AvgIpc) is 1.62. The number of aryl methyl sites for hydroxylation is 6. The van der Waals surface area contributed by atoms with Crippen molar-refractivity contribution in [3.63, 3.8) is 0 Å². The molecule has 96 heavy (non-hydrogen) atoms. The number of carbonyl (C=O) groups excluding carboxylic acids is 3. The standard InChI is InChI=1S/C25H27N7O.C25H29N7O.C22H23N7O/c1-30-12-19-21-11-26-20-9-8-17(25(20)27-21)18-13-31(29-24(18)15-4-5-15)10-2-3-23(33)32(16-6-7-16)14-22(19)28-30;1-15(2)32-14-22-19(12-30(3)28-22)21-11-26-20-9-8-17(25(20)27-21)18-13-31(10-4-5-23(32)33)29-24(18)16-6-7-16;1-28-11-16-18-9-23-17-7-6-14(22(17)25-18)15-12-29(27-21(15)13-4-5-13)8-2-3-20(30)24-10-19(16)26-28/h8,11-13,15-16H,2-7,9-10,14H2,1H3;8,11-13,15-16H,4-7,9-10,14H2,1-3H3;6,9,11-13H,2-5,7-8,10H2,1H3,(H,24,30). The van der Waals surface area contributed by atoms with E-state index in [1.165, 1.54) is 72.3 Å². The first-order chi connectivity index (χ1) is 46.8. The third kappa shape index (κ3) is 11.7. The molecule has 0 atom stereocenters. The van der Waals surface area contributed by atoms with Crippen molar-refractivity contribution in [3.05, 3.63) is 159 Å². The van der Waals surface area contributed by atoms with Gasteiger partial charge >= 0.3 is 0 Å². The smallest absolute Gasteiger partial charge is 0.223 e. The van der Waals surface area contributed by atoms with Crippen LogP contribution in [-0.2, 0) is 94.1 Å². The minimum atomic E-state index is 0.0279. The predicted molar refractivity (Wildman–Crippen MR) is 356 cm³/mol. The fourth-order valence-electron chi connectivity index (χ4n) is 14.6. The Hall–Kier alpha value is -9.87. The molecule has 10 aliphatic rings. The summed E-state index contributed by atoms with van der Waals surface area (Å²) < 4.78 is 11.5. The van der Waals surface area contributed by atoms with Crippen molar-refractivity contribution < 1.29 is 14.4 Å². The van der Waals surface area contributed by atoms with E-state index in [0.717, 1.165) is 173 Å². The van der Waals surface area contributed by atoms with Gasteiger partial charge in [-0.25, -0.2) is 15.0 Å². The zero-order valence-electron chi connectivity index (χ0n) is 55.2. The summed E-state index contributed by atoms with van der Waals surface area (Å²) >= 11 is 0. The molecule has 24 heteroatoms. The largest absolute Gasteiger partial charge is 0.350 e. The fourth-order valence-corrected chi connectivity index (χ4v) is 14.6. The zero-order valence-corrected chi connectivity index (χ0v) is 55.2. The van der Waals surface area contributed by atoms with Crippen LogP contribution in [0.25, 0.3) is 50.5 Å². The Morgan fingerprint density at radius 2 is 0.833 bits per heavy atom. The molecule has 490 valence electrons. The number of hydrogen-bond acceptors (Lipinski definition) is 15. The Morgan fingerprint density at radius 1 is 0.438 bits per heavy atom. The van der Waals surface area contributed by atoms with Gasteiger partial charge in [0.05, 0.1) is 124 Å². The quantitative estimate of drug-likeness (QED) is 0.169. The number of allylic oxidation sites excluding steroid dienone is 3. The Balaban J connectivity index is 0.000000109. The van der Waals surface area contributed by atoms with Gasteiger partial charge in [-0.2, -0.15) is 30.6 Å². The number of hydrogen-bond donors (Lipinski definition) is 1. The molecule has 0 spiro atoms. The molecule has 0 unspecified atom stereocenters.